The quantitative estimate of drug-likeness (QED) is 0.629. The minimum absolute atomic E-state index is 0.579. The summed E-state index contributed by atoms with van der Waals surface area (Å²) in [5.41, 5.74) is 4.54. The van der Waals surface area contributed by atoms with E-state index in [1.807, 2.05) is 24.4 Å². The van der Waals surface area contributed by atoms with Gasteiger partial charge in [0.2, 0.25) is 0 Å². The molecule has 0 aliphatic carbocycles. The first kappa shape index (κ1) is 19.7. The van der Waals surface area contributed by atoms with Crippen LogP contribution in [0.2, 0.25) is 0 Å². The van der Waals surface area contributed by atoms with Crippen LogP contribution in [-0.2, 0) is 11.3 Å². The van der Waals surface area contributed by atoms with Gasteiger partial charge in [-0.2, -0.15) is 0 Å². The number of ether oxygens (including phenoxy) is 3. The second-order valence-electron chi connectivity index (χ2n) is 7.68. The summed E-state index contributed by atoms with van der Waals surface area (Å²) in [6, 6.07) is 12.4. The highest BCUT2D eigenvalue weighted by molar-refractivity contribution is 5.76. The van der Waals surface area contributed by atoms with Crippen molar-refractivity contribution in [1.82, 2.24) is 25.1 Å². The van der Waals surface area contributed by atoms with E-state index in [1.54, 1.807) is 4.68 Å². The van der Waals surface area contributed by atoms with Gasteiger partial charge in [0.05, 0.1) is 13.3 Å². The molecule has 8 nitrogen and oxygen atoms in total. The summed E-state index contributed by atoms with van der Waals surface area (Å²) in [7, 11) is 0. The van der Waals surface area contributed by atoms with Gasteiger partial charge in [-0.1, -0.05) is 24.3 Å². The van der Waals surface area contributed by atoms with Gasteiger partial charge in [-0.25, -0.2) is 4.68 Å². The molecule has 2 aliphatic rings. The number of nitrogens with zero attached hydrogens (tertiary/aromatic N) is 5. The van der Waals surface area contributed by atoms with Gasteiger partial charge >= 0.3 is 0 Å². The summed E-state index contributed by atoms with van der Waals surface area (Å²) in [6.07, 6.45) is 4.99. The minimum Gasteiger partial charge on any atom is -0.486 e. The van der Waals surface area contributed by atoms with E-state index in [-0.39, 0.29) is 0 Å². The molecule has 0 spiro atoms. The van der Waals surface area contributed by atoms with Gasteiger partial charge in [0, 0.05) is 19.4 Å². The lowest BCUT2D eigenvalue weighted by Gasteiger charge is -2.25. The molecule has 1 fully saturated rings. The monoisotopic (exact) mass is 419 g/mol. The fourth-order valence-corrected chi connectivity index (χ4v) is 3.91. The Hall–Kier alpha value is -3.23. The van der Waals surface area contributed by atoms with Crippen molar-refractivity contribution in [2.24, 2.45) is 0 Å². The highest BCUT2D eigenvalue weighted by Crippen LogP contribution is 2.36. The minimum atomic E-state index is 0.579. The third-order valence-electron chi connectivity index (χ3n) is 5.59. The highest BCUT2D eigenvalue weighted by Gasteiger charge is 2.15. The molecule has 0 N–H and O–H groups in total. The number of fused-ring (bicyclic) bond motifs is 1. The summed E-state index contributed by atoms with van der Waals surface area (Å²) in [5, 5.41) is 12.2. The molecule has 0 saturated carbocycles. The Balaban J connectivity index is 1.38. The van der Waals surface area contributed by atoms with E-state index in [2.05, 4.69) is 51.6 Å². The van der Waals surface area contributed by atoms with Crippen molar-refractivity contribution >= 4 is 12.3 Å². The lowest BCUT2D eigenvalue weighted by atomic mass is 9.96. The van der Waals surface area contributed by atoms with Gasteiger partial charge in [0.25, 0.3) is 0 Å². The Morgan fingerprint density at radius 2 is 1.97 bits per heavy atom. The maximum absolute atomic E-state index is 5.75. The van der Waals surface area contributed by atoms with E-state index in [0.29, 0.717) is 26.5 Å². The molecule has 1 aromatic heterocycles. The molecule has 160 valence electrons. The summed E-state index contributed by atoms with van der Waals surface area (Å²) < 4.78 is 18.6. The average molecular weight is 419 g/mol. The Bertz CT molecular complexity index is 1090. The predicted octanol–water partition coefficient (Wildman–Crippen LogP) is 3.23. The summed E-state index contributed by atoms with van der Waals surface area (Å²) in [6.45, 7) is 6.39. The first-order valence-electron chi connectivity index (χ1n) is 10.5. The molecular weight excluding hydrogens is 394 g/mol. The van der Waals surface area contributed by atoms with Crippen molar-refractivity contribution in [1.29, 1.82) is 0 Å². The van der Waals surface area contributed by atoms with Crippen LogP contribution in [0.15, 0.2) is 36.4 Å². The summed E-state index contributed by atoms with van der Waals surface area (Å²) >= 11 is 0. The Morgan fingerprint density at radius 1 is 1.06 bits per heavy atom. The number of hydrogen-bond acceptors (Lipinski definition) is 7. The maximum atomic E-state index is 5.75. The van der Waals surface area contributed by atoms with Crippen LogP contribution in [0, 0.1) is 6.92 Å². The predicted molar refractivity (Wildman–Crippen MR) is 116 cm³/mol. The maximum Gasteiger partial charge on any atom is 0.170 e. The average Bonchev–Trinajstić information content (AvgIpc) is 3.25. The number of hydrogen-bond donors (Lipinski definition) is 0. The first-order chi connectivity index (χ1) is 15.3. The molecule has 2 aliphatic heterocycles. The first-order valence-corrected chi connectivity index (χ1v) is 10.5. The molecule has 3 heterocycles. The number of rotatable bonds is 5. The third kappa shape index (κ3) is 4.30. The second-order valence-corrected chi connectivity index (χ2v) is 7.68. The molecule has 0 atom stereocenters. The van der Waals surface area contributed by atoms with Crippen molar-refractivity contribution in [3.05, 3.63) is 53.3 Å². The number of tetrazole rings is 1. The molecule has 3 aromatic rings. The molecule has 31 heavy (non-hydrogen) atoms. The molecule has 8 heteroatoms. The van der Waals surface area contributed by atoms with Gasteiger partial charge in [0.15, 0.2) is 17.3 Å². The largest absolute Gasteiger partial charge is 0.486 e. The van der Waals surface area contributed by atoms with Crippen LogP contribution < -0.4 is 9.47 Å². The molecule has 0 amide bonds. The lowest BCUT2D eigenvalue weighted by molar-refractivity contribution is -0.0191. The van der Waals surface area contributed by atoms with E-state index >= 15 is 0 Å². The lowest BCUT2D eigenvalue weighted by Crippen LogP contribution is -2.33. The van der Waals surface area contributed by atoms with Crippen molar-refractivity contribution < 1.29 is 14.2 Å². The van der Waals surface area contributed by atoms with Crippen LogP contribution in [0.3, 0.4) is 0 Å². The van der Waals surface area contributed by atoms with Crippen LogP contribution in [0.4, 0.5) is 0 Å². The van der Waals surface area contributed by atoms with Gasteiger partial charge in [-0.15, -0.1) is 5.10 Å². The van der Waals surface area contributed by atoms with E-state index in [9.17, 15) is 0 Å². The molecular formula is C23H25N5O3. The second kappa shape index (κ2) is 8.87. The van der Waals surface area contributed by atoms with Gasteiger partial charge in [-0.05, 0) is 64.2 Å². The van der Waals surface area contributed by atoms with Crippen molar-refractivity contribution in [2.45, 2.75) is 19.9 Å². The molecule has 1 saturated heterocycles. The third-order valence-corrected chi connectivity index (χ3v) is 5.59. The summed E-state index contributed by atoms with van der Waals surface area (Å²) in [5.74, 6) is 2.39. The Labute approximate surface area is 181 Å². The zero-order valence-corrected chi connectivity index (χ0v) is 17.5. The number of aromatic nitrogens is 4. The normalized spacial score (nSPS) is 16.7. The van der Waals surface area contributed by atoms with Gasteiger partial charge in [-0.3, -0.25) is 4.90 Å². The van der Waals surface area contributed by atoms with Crippen molar-refractivity contribution in [3.63, 3.8) is 0 Å². The fraction of sp³-hybridized carbons (Fsp3) is 0.348. The highest BCUT2D eigenvalue weighted by atomic mass is 16.6. The zero-order valence-electron chi connectivity index (χ0n) is 17.5. The standard InChI is InChI=1S/C23H25N5O3/c1-17-18(8-10-28-23(24-25-26-28)15-27-9-3-11-29-16-27)4-2-5-20(17)19-6-7-21-22(14-19)31-13-12-30-21/h2,4-8,10,14H,3,9,11-13,15-16H2,1H3/b10-8+. The van der Waals surface area contributed by atoms with Gasteiger partial charge < -0.3 is 14.2 Å². The van der Waals surface area contributed by atoms with Crippen LogP contribution >= 0.6 is 0 Å². The van der Waals surface area contributed by atoms with Crippen LogP contribution in [0.5, 0.6) is 11.5 Å². The van der Waals surface area contributed by atoms with E-state index in [4.69, 9.17) is 14.2 Å². The molecule has 0 radical (unpaired) electrons. The topological polar surface area (TPSA) is 74.5 Å². The fourth-order valence-electron chi connectivity index (χ4n) is 3.91. The van der Waals surface area contributed by atoms with E-state index in [1.165, 1.54) is 5.56 Å². The number of benzene rings is 2. The summed E-state index contributed by atoms with van der Waals surface area (Å²) in [4.78, 5) is 2.20. The van der Waals surface area contributed by atoms with Crippen LogP contribution in [0.25, 0.3) is 23.4 Å². The Morgan fingerprint density at radius 3 is 2.84 bits per heavy atom. The molecule has 5 rings (SSSR count). The van der Waals surface area contributed by atoms with Crippen LogP contribution in [-0.4, -0.2) is 58.2 Å². The Kier molecular flexibility index (Phi) is 5.64. The van der Waals surface area contributed by atoms with Crippen LogP contribution in [0.1, 0.15) is 23.4 Å². The molecule has 2 aromatic carbocycles. The SMILES string of the molecule is Cc1c(/C=C/n2nnnc2CN2CCCOC2)cccc1-c1ccc2c(c1)OCCO2. The van der Waals surface area contributed by atoms with Gasteiger partial charge in [0.1, 0.15) is 13.2 Å². The van der Waals surface area contributed by atoms with Crippen molar-refractivity contribution in [3.8, 4) is 22.6 Å². The van der Waals surface area contributed by atoms with E-state index in [0.717, 1.165) is 53.6 Å². The smallest absolute Gasteiger partial charge is 0.170 e. The van der Waals surface area contributed by atoms with E-state index < -0.39 is 0 Å². The van der Waals surface area contributed by atoms with Crippen molar-refractivity contribution in [2.75, 3.05) is 33.1 Å². The molecule has 0 unspecified atom stereocenters. The zero-order chi connectivity index (χ0) is 21.0. The molecule has 0 bridgehead atoms.